The van der Waals surface area contributed by atoms with Crippen molar-refractivity contribution in [3.05, 3.63) is 29.8 Å². The van der Waals surface area contributed by atoms with Gasteiger partial charge in [-0.1, -0.05) is 18.2 Å². The molecule has 2 rings (SSSR count). The van der Waals surface area contributed by atoms with E-state index in [0.29, 0.717) is 0 Å². The van der Waals surface area contributed by atoms with Crippen LogP contribution in [0.25, 0.3) is 5.57 Å². The minimum atomic E-state index is 0.00289. The van der Waals surface area contributed by atoms with Crippen LogP contribution < -0.4 is 10.5 Å². The van der Waals surface area contributed by atoms with Crippen molar-refractivity contribution in [3.63, 3.8) is 0 Å². The van der Waals surface area contributed by atoms with E-state index in [1.807, 2.05) is 12.1 Å². The molecule has 1 aromatic rings. The highest BCUT2D eigenvalue weighted by atomic mass is 32.2. The zero-order valence-electron chi connectivity index (χ0n) is 9.29. The summed E-state index contributed by atoms with van der Waals surface area (Å²) in [5.41, 5.74) is 3.73. The molecule has 1 aromatic carbocycles. The first-order chi connectivity index (χ1) is 7.03. The van der Waals surface area contributed by atoms with Gasteiger partial charge in [-0.25, -0.2) is 0 Å². The third kappa shape index (κ3) is 1.90. The first-order valence-corrected chi connectivity index (χ1v) is 5.89. The second-order valence-electron chi connectivity index (χ2n) is 4.47. The van der Waals surface area contributed by atoms with Gasteiger partial charge >= 0.3 is 0 Å². The summed E-state index contributed by atoms with van der Waals surface area (Å²) in [4.78, 5) is 1.10. The van der Waals surface area contributed by atoms with E-state index in [9.17, 15) is 0 Å². The SMILES string of the molecule is CC1=CC(C)(C)Nc2c(SN)cccc21. The lowest BCUT2D eigenvalue weighted by Crippen LogP contribution is -2.31. The highest BCUT2D eigenvalue weighted by molar-refractivity contribution is 7.97. The van der Waals surface area contributed by atoms with Gasteiger partial charge in [-0.3, -0.25) is 5.14 Å². The van der Waals surface area contributed by atoms with Crippen LogP contribution in [0, 0.1) is 0 Å². The van der Waals surface area contributed by atoms with E-state index in [0.717, 1.165) is 10.6 Å². The van der Waals surface area contributed by atoms with Crippen molar-refractivity contribution in [2.45, 2.75) is 31.2 Å². The second kappa shape index (κ2) is 3.58. The van der Waals surface area contributed by atoms with Gasteiger partial charge in [0.05, 0.1) is 11.2 Å². The third-order valence-electron chi connectivity index (χ3n) is 2.60. The fourth-order valence-corrected chi connectivity index (χ4v) is 2.50. The molecule has 3 N–H and O–H groups in total. The van der Waals surface area contributed by atoms with Crippen LogP contribution in [0.15, 0.2) is 29.2 Å². The topological polar surface area (TPSA) is 38.0 Å². The van der Waals surface area contributed by atoms with Gasteiger partial charge < -0.3 is 5.32 Å². The Morgan fingerprint density at radius 2 is 2.07 bits per heavy atom. The zero-order valence-corrected chi connectivity index (χ0v) is 10.1. The number of allylic oxidation sites excluding steroid dienone is 1. The average molecular weight is 220 g/mol. The van der Waals surface area contributed by atoms with Gasteiger partial charge in [0, 0.05) is 10.5 Å². The van der Waals surface area contributed by atoms with Crippen LogP contribution >= 0.6 is 11.9 Å². The number of anilines is 1. The number of rotatable bonds is 1. The molecule has 2 nitrogen and oxygen atoms in total. The predicted molar refractivity (Wildman–Crippen MR) is 67.8 cm³/mol. The molecule has 80 valence electrons. The van der Waals surface area contributed by atoms with Crippen molar-refractivity contribution in [1.29, 1.82) is 0 Å². The molecular formula is C12H16N2S. The summed E-state index contributed by atoms with van der Waals surface area (Å²) in [6.07, 6.45) is 2.25. The Labute approximate surface area is 95.1 Å². The Morgan fingerprint density at radius 3 is 2.73 bits per heavy atom. The maximum Gasteiger partial charge on any atom is 0.0574 e. The van der Waals surface area contributed by atoms with Crippen molar-refractivity contribution in [2.24, 2.45) is 5.14 Å². The summed E-state index contributed by atoms with van der Waals surface area (Å²) in [5.74, 6) is 0. The van der Waals surface area contributed by atoms with Gasteiger partial charge in [-0.15, -0.1) is 0 Å². The lowest BCUT2D eigenvalue weighted by Gasteiger charge is -2.32. The molecule has 1 aliphatic heterocycles. The quantitative estimate of drug-likeness (QED) is 0.713. The van der Waals surface area contributed by atoms with E-state index in [1.54, 1.807) is 0 Å². The molecule has 0 spiro atoms. The van der Waals surface area contributed by atoms with Crippen LogP contribution in [0.2, 0.25) is 0 Å². The molecule has 0 bridgehead atoms. The minimum absolute atomic E-state index is 0.00289. The van der Waals surface area contributed by atoms with Crippen LogP contribution in [0.5, 0.6) is 0 Å². The summed E-state index contributed by atoms with van der Waals surface area (Å²) in [5, 5.41) is 9.17. The molecule has 0 saturated heterocycles. The number of hydrogen-bond donors (Lipinski definition) is 2. The van der Waals surface area contributed by atoms with Crippen molar-refractivity contribution in [3.8, 4) is 0 Å². The van der Waals surface area contributed by atoms with Crippen LogP contribution in [0.4, 0.5) is 5.69 Å². The Bertz CT molecular complexity index is 422. The standard InChI is InChI=1S/C12H16N2S/c1-8-7-12(2,3)14-11-9(8)5-4-6-10(11)15-13/h4-7,14H,13H2,1-3H3. The molecule has 1 heterocycles. The van der Waals surface area contributed by atoms with Crippen molar-refractivity contribution < 1.29 is 0 Å². The summed E-state index contributed by atoms with van der Waals surface area (Å²) < 4.78 is 0. The maximum atomic E-state index is 5.67. The zero-order chi connectivity index (χ0) is 11.1. The Hall–Kier alpha value is -0.930. The molecule has 0 fully saturated rings. The largest absolute Gasteiger partial charge is 0.375 e. The Morgan fingerprint density at radius 1 is 1.33 bits per heavy atom. The van der Waals surface area contributed by atoms with Crippen LogP contribution in [0.1, 0.15) is 26.3 Å². The normalized spacial score (nSPS) is 17.7. The number of benzene rings is 1. The first-order valence-electron chi connectivity index (χ1n) is 5.01. The summed E-state index contributed by atoms with van der Waals surface area (Å²) in [6, 6.07) is 6.22. The van der Waals surface area contributed by atoms with Crippen molar-refractivity contribution in [1.82, 2.24) is 0 Å². The van der Waals surface area contributed by atoms with E-state index in [1.165, 1.54) is 23.1 Å². The van der Waals surface area contributed by atoms with Crippen LogP contribution in [-0.4, -0.2) is 5.54 Å². The Kier molecular flexibility index (Phi) is 2.52. The molecule has 0 atom stereocenters. The average Bonchev–Trinajstić information content (AvgIpc) is 2.15. The molecule has 0 aliphatic carbocycles. The molecule has 1 aliphatic rings. The second-order valence-corrected chi connectivity index (χ2v) is 5.15. The molecule has 0 amide bonds. The van der Waals surface area contributed by atoms with Crippen molar-refractivity contribution in [2.75, 3.05) is 5.32 Å². The lowest BCUT2D eigenvalue weighted by molar-refractivity contribution is 0.704. The number of fused-ring (bicyclic) bond motifs is 1. The number of para-hydroxylation sites is 1. The predicted octanol–water partition coefficient (Wildman–Crippen LogP) is 3.26. The number of nitrogens with two attached hydrogens (primary N) is 1. The van der Waals surface area contributed by atoms with E-state index >= 15 is 0 Å². The first kappa shape index (κ1) is 10.6. The van der Waals surface area contributed by atoms with Gasteiger partial charge in [-0.05, 0) is 44.4 Å². The molecule has 0 radical (unpaired) electrons. The highest BCUT2D eigenvalue weighted by Gasteiger charge is 2.23. The molecule has 15 heavy (non-hydrogen) atoms. The van der Waals surface area contributed by atoms with Gasteiger partial charge in [-0.2, -0.15) is 0 Å². The van der Waals surface area contributed by atoms with E-state index < -0.39 is 0 Å². The van der Waals surface area contributed by atoms with Crippen molar-refractivity contribution >= 4 is 23.2 Å². The number of hydrogen-bond acceptors (Lipinski definition) is 3. The number of nitrogens with one attached hydrogen (secondary N) is 1. The lowest BCUT2D eigenvalue weighted by atomic mass is 9.91. The highest BCUT2D eigenvalue weighted by Crippen LogP contribution is 2.38. The van der Waals surface area contributed by atoms with Crippen LogP contribution in [0.3, 0.4) is 0 Å². The fourth-order valence-electron chi connectivity index (χ4n) is 2.06. The summed E-state index contributed by atoms with van der Waals surface area (Å²) in [7, 11) is 0. The van der Waals surface area contributed by atoms with Gasteiger partial charge in [0.1, 0.15) is 0 Å². The molecule has 0 unspecified atom stereocenters. The smallest absolute Gasteiger partial charge is 0.0574 e. The van der Waals surface area contributed by atoms with Gasteiger partial charge in [0.25, 0.3) is 0 Å². The monoisotopic (exact) mass is 220 g/mol. The molecule has 0 saturated carbocycles. The molecular weight excluding hydrogens is 204 g/mol. The maximum absolute atomic E-state index is 5.67. The van der Waals surface area contributed by atoms with E-state index in [2.05, 4.69) is 38.2 Å². The Balaban J connectivity index is 2.59. The third-order valence-corrected chi connectivity index (χ3v) is 3.20. The fraction of sp³-hybridized carbons (Fsp3) is 0.333. The summed E-state index contributed by atoms with van der Waals surface area (Å²) >= 11 is 1.30. The van der Waals surface area contributed by atoms with E-state index in [4.69, 9.17) is 5.14 Å². The molecule has 0 aromatic heterocycles. The van der Waals surface area contributed by atoms with Crippen LogP contribution in [-0.2, 0) is 0 Å². The minimum Gasteiger partial charge on any atom is -0.375 e. The molecule has 3 heteroatoms. The van der Waals surface area contributed by atoms with Gasteiger partial charge in [0.15, 0.2) is 0 Å². The van der Waals surface area contributed by atoms with E-state index in [-0.39, 0.29) is 5.54 Å². The van der Waals surface area contributed by atoms with Gasteiger partial charge in [0.2, 0.25) is 0 Å². The summed E-state index contributed by atoms with van der Waals surface area (Å²) in [6.45, 7) is 6.47.